The van der Waals surface area contributed by atoms with Crippen molar-refractivity contribution in [1.29, 1.82) is 0 Å². The SMILES string of the molecule is C[N+](C)=CC1=C2[Se][Se]C(c3ccccc3)=C2CCC1. The minimum atomic E-state index is 0.689. The molecule has 0 saturated carbocycles. The van der Waals surface area contributed by atoms with Crippen molar-refractivity contribution in [3.8, 4) is 0 Å². The first-order valence-electron chi connectivity index (χ1n) is 6.63. The Balaban J connectivity index is 2.07. The van der Waals surface area contributed by atoms with E-state index < -0.39 is 0 Å². The van der Waals surface area contributed by atoms with E-state index in [0.717, 1.165) is 0 Å². The molecule has 1 aromatic rings. The van der Waals surface area contributed by atoms with E-state index in [9.17, 15) is 0 Å². The Morgan fingerprint density at radius 3 is 2.47 bits per heavy atom. The van der Waals surface area contributed by atoms with Crippen LogP contribution in [-0.4, -0.2) is 51.1 Å². The van der Waals surface area contributed by atoms with E-state index in [2.05, 4.69) is 55.2 Å². The average molecular weight is 382 g/mol. The Kier molecular flexibility index (Phi) is 4.09. The molecule has 1 aromatic carbocycles. The summed E-state index contributed by atoms with van der Waals surface area (Å²) in [6.07, 6.45) is 6.24. The predicted octanol–water partition coefficient (Wildman–Crippen LogP) is 2.52. The number of rotatable bonds is 2. The monoisotopic (exact) mass is 384 g/mol. The van der Waals surface area contributed by atoms with Crippen LogP contribution in [0.1, 0.15) is 24.8 Å². The van der Waals surface area contributed by atoms with Crippen LogP contribution in [0.4, 0.5) is 0 Å². The molecule has 0 unspecified atom stereocenters. The fourth-order valence-corrected chi connectivity index (χ4v) is 11.8. The van der Waals surface area contributed by atoms with Gasteiger partial charge in [-0.25, -0.2) is 0 Å². The van der Waals surface area contributed by atoms with Crippen LogP contribution in [0.25, 0.3) is 4.47 Å². The Morgan fingerprint density at radius 1 is 1.00 bits per heavy atom. The first kappa shape index (κ1) is 13.4. The van der Waals surface area contributed by atoms with Crippen molar-refractivity contribution in [3.63, 3.8) is 0 Å². The zero-order valence-electron chi connectivity index (χ0n) is 11.3. The Labute approximate surface area is 126 Å². The molecular weight excluding hydrogens is 364 g/mol. The van der Waals surface area contributed by atoms with E-state index in [4.69, 9.17) is 0 Å². The summed E-state index contributed by atoms with van der Waals surface area (Å²) >= 11 is 1.39. The molecule has 3 rings (SSSR count). The second-order valence-corrected chi connectivity index (χ2v) is 11.2. The van der Waals surface area contributed by atoms with Gasteiger partial charge < -0.3 is 0 Å². The number of allylic oxidation sites excluding steroid dienone is 3. The summed E-state index contributed by atoms with van der Waals surface area (Å²) in [5.41, 5.74) is 4.78. The topological polar surface area (TPSA) is 3.01 Å². The third-order valence-corrected chi connectivity index (χ3v) is 10.9. The van der Waals surface area contributed by atoms with E-state index in [1.165, 1.54) is 24.8 Å². The van der Waals surface area contributed by atoms with Crippen molar-refractivity contribution in [2.45, 2.75) is 19.3 Å². The van der Waals surface area contributed by atoms with Crippen molar-refractivity contribution < 1.29 is 4.58 Å². The van der Waals surface area contributed by atoms with Crippen LogP contribution in [0.15, 0.2) is 45.9 Å². The molecule has 1 aliphatic heterocycles. The molecule has 3 heteroatoms. The molecular formula is C16H18NSe2+. The van der Waals surface area contributed by atoms with Crippen LogP contribution >= 0.6 is 0 Å². The Morgan fingerprint density at radius 2 is 1.74 bits per heavy atom. The van der Waals surface area contributed by atoms with Gasteiger partial charge in [0, 0.05) is 0 Å². The molecule has 0 saturated heterocycles. The minimum absolute atomic E-state index is 0.689. The molecule has 2 aliphatic rings. The van der Waals surface area contributed by atoms with Crippen LogP contribution in [0.2, 0.25) is 0 Å². The summed E-state index contributed by atoms with van der Waals surface area (Å²) in [5.74, 6) is 0. The fraction of sp³-hybridized carbons (Fsp3) is 0.312. The van der Waals surface area contributed by atoms with E-state index >= 15 is 0 Å². The number of nitrogens with zero attached hydrogens (tertiary/aromatic N) is 1. The molecule has 0 spiro atoms. The van der Waals surface area contributed by atoms with Gasteiger partial charge in [-0.3, -0.25) is 0 Å². The summed E-state index contributed by atoms with van der Waals surface area (Å²) in [6, 6.07) is 11.0. The van der Waals surface area contributed by atoms with Gasteiger partial charge in [-0.1, -0.05) is 0 Å². The Hall–Kier alpha value is -0.591. The van der Waals surface area contributed by atoms with Gasteiger partial charge in [-0.05, 0) is 0 Å². The van der Waals surface area contributed by atoms with Crippen LogP contribution in [0, 0.1) is 0 Å². The van der Waals surface area contributed by atoms with E-state index in [1.807, 2.05) is 0 Å². The quantitative estimate of drug-likeness (QED) is 0.420. The molecule has 0 amide bonds. The molecule has 98 valence electrons. The zero-order valence-corrected chi connectivity index (χ0v) is 14.8. The van der Waals surface area contributed by atoms with Gasteiger partial charge in [-0.15, -0.1) is 0 Å². The van der Waals surface area contributed by atoms with Crippen molar-refractivity contribution in [2.24, 2.45) is 0 Å². The van der Waals surface area contributed by atoms with E-state index in [0.29, 0.717) is 26.3 Å². The summed E-state index contributed by atoms with van der Waals surface area (Å²) in [6.45, 7) is 0. The average Bonchev–Trinajstić information content (AvgIpc) is 2.84. The summed E-state index contributed by atoms with van der Waals surface area (Å²) in [4.78, 5) is 0. The Bertz CT molecular complexity index is 578. The van der Waals surface area contributed by atoms with Gasteiger partial charge in [0.2, 0.25) is 0 Å². The van der Waals surface area contributed by atoms with E-state index in [1.54, 1.807) is 20.1 Å². The van der Waals surface area contributed by atoms with Gasteiger partial charge in [0.25, 0.3) is 0 Å². The molecule has 0 atom stereocenters. The molecule has 1 heterocycles. The fourth-order valence-electron chi connectivity index (χ4n) is 2.58. The molecule has 19 heavy (non-hydrogen) atoms. The number of hydrogen-bond donors (Lipinski definition) is 0. The molecule has 1 nitrogen and oxygen atoms in total. The van der Waals surface area contributed by atoms with Gasteiger partial charge in [0.1, 0.15) is 0 Å². The normalized spacial score (nSPS) is 18.6. The van der Waals surface area contributed by atoms with Crippen LogP contribution < -0.4 is 0 Å². The maximum absolute atomic E-state index is 2.35. The van der Waals surface area contributed by atoms with Crippen LogP contribution in [0.3, 0.4) is 0 Å². The molecule has 0 radical (unpaired) electrons. The molecule has 0 aromatic heterocycles. The summed E-state index contributed by atoms with van der Waals surface area (Å²) in [5, 5.41) is 0. The van der Waals surface area contributed by atoms with Gasteiger partial charge in [-0.2, -0.15) is 0 Å². The third-order valence-electron chi connectivity index (χ3n) is 3.37. The maximum atomic E-state index is 2.35. The van der Waals surface area contributed by atoms with Crippen molar-refractivity contribution in [1.82, 2.24) is 0 Å². The zero-order chi connectivity index (χ0) is 13.2. The second-order valence-electron chi connectivity index (χ2n) is 5.14. The van der Waals surface area contributed by atoms with Crippen molar-refractivity contribution in [3.05, 3.63) is 51.5 Å². The molecule has 0 bridgehead atoms. The summed E-state index contributed by atoms with van der Waals surface area (Å²) in [7, 11) is 4.27. The van der Waals surface area contributed by atoms with Crippen molar-refractivity contribution in [2.75, 3.05) is 14.1 Å². The number of hydrogen-bond acceptors (Lipinski definition) is 0. The van der Waals surface area contributed by atoms with Crippen LogP contribution in [-0.2, 0) is 0 Å². The molecule has 0 fully saturated rings. The predicted molar refractivity (Wildman–Crippen MR) is 83.9 cm³/mol. The standard InChI is InChI=1S/C16H18NSe2/c1-17(2)11-13-9-6-10-14-15(18-19-16(13)14)12-7-4-3-5-8-12/h3-5,7-8,11H,6,9-10H2,1-2H3/q+1. The van der Waals surface area contributed by atoms with Gasteiger partial charge in [0.15, 0.2) is 0 Å². The number of fused-ring (bicyclic) bond motifs is 1. The summed E-state index contributed by atoms with van der Waals surface area (Å²) < 4.78 is 5.62. The second kappa shape index (κ2) is 5.81. The first-order valence-corrected chi connectivity index (χ1v) is 12.7. The van der Waals surface area contributed by atoms with Gasteiger partial charge in [0.05, 0.1) is 0 Å². The first-order chi connectivity index (χ1) is 9.25. The van der Waals surface area contributed by atoms with Crippen molar-refractivity contribution >= 4 is 36.9 Å². The molecule has 0 N–H and O–H groups in total. The third kappa shape index (κ3) is 2.80. The van der Waals surface area contributed by atoms with Crippen LogP contribution in [0.5, 0.6) is 0 Å². The van der Waals surface area contributed by atoms with Gasteiger partial charge >= 0.3 is 126 Å². The van der Waals surface area contributed by atoms with E-state index in [-0.39, 0.29) is 0 Å². The molecule has 1 aliphatic carbocycles. The number of benzene rings is 1.